The molecule has 3 N–H and O–H groups in total. The first kappa shape index (κ1) is 24.3. The van der Waals surface area contributed by atoms with E-state index in [0.717, 1.165) is 52.2 Å². The molecule has 1 aliphatic rings. The van der Waals surface area contributed by atoms with Crippen molar-refractivity contribution in [3.63, 3.8) is 0 Å². The van der Waals surface area contributed by atoms with Gasteiger partial charge in [0.1, 0.15) is 5.75 Å². The lowest BCUT2D eigenvalue weighted by Crippen LogP contribution is -2.39. The molecular weight excluding hydrogens is 392 g/mol. The van der Waals surface area contributed by atoms with Gasteiger partial charge in [-0.15, -0.1) is 0 Å². The minimum atomic E-state index is -2.86. The van der Waals surface area contributed by atoms with Crippen LogP contribution in [-0.4, -0.2) is 86.9 Å². The number of benzene rings is 1. The number of aliphatic hydroxyl groups excluding tert-OH is 1. The van der Waals surface area contributed by atoms with Crippen LogP contribution in [0.1, 0.15) is 31.4 Å². The lowest BCUT2D eigenvalue weighted by molar-refractivity contribution is -0.0498. The molecule has 1 atom stereocenters. The van der Waals surface area contributed by atoms with Crippen molar-refractivity contribution >= 4 is 5.96 Å². The molecule has 2 rings (SSSR count). The van der Waals surface area contributed by atoms with Crippen molar-refractivity contribution in [2.45, 2.75) is 32.5 Å². The highest BCUT2D eigenvalue weighted by atomic mass is 19.3. The van der Waals surface area contributed by atoms with Crippen LogP contribution >= 0.6 is 0 Å². The van der Waals surface area contributed by atoms with Gasteiger partial charge >= 0.3 is 6.61 Å². The summed E-state index contributed by atoms with van der Waals surface area (Å²) in [5, 5.41) is 16.8. The smallest absolute Gasteiger partial charge is 0.387 e. The highest BCUT2D eigenvalue weighted by Gasteiger charge is 2.12. The SMILES string of the molecule is CCNC(=NCC(O)c1ccc(OC(F)F)cc1)NCCCN1CCCN(C)CC1. The van der Waals surface area contributed by atoms with Crippen molar-refractivity contribution in [3.8, 4) is 5.75 Å². The Hall–Kier alpha value is -1.97. The summed E-state index contributed by atoms with van der Waals surface area (Å²) in [5.74, 6) is 0.723. The van der Waals surface area contributed by atoms with Gasteiger partial charge in [0.05, 0.1) is 12.6 Å². The molecule has 0 radical (unpaired) electrons. The summed E-state index contributed by atoms with van der Waals surface area (Å²) in [6.45, 7) is 6.40. The van der Waals surface area contributed by atoms with Gasteiger partial charge in [-0.3, -0.25) is 4.99 Å². The highest BCUT2D eigenvalue weighted by molar-refractivity contribution is 5.79. The number of alkyl halides is 2. The van der Waals surface area contributed by atoms with E-state index in [4.69, 9.17) is 0 Å². The van der Waals surface area contributed by atoms with E-state index in [0.29, 0.717) is 11.5 Å². The first-order valence-electron chi connectivity index (χ1n) is 10.6. The molecule has 0 bridgehead atoms. The van der Waals surface area contributed by atoms with Crippen LogP contribution in [0, 0.1) is 0 Å². The Morgan fingerprint density at radius 3 is 2.63 bits per heavy atom. The number of ether oxygens (including phenoxy) is 1. The lowest BCUT2D eigenvalue weighted by atomic mass is 10.1. The van der Waals surface area contributed by atoms with E-state index >= 15 is 0 Å². The zero-order valence-electron chi connectivity index (χ0n) is 18.0. The fourth-order valence-corrected chi connectivity index (χ4v) is 3.33. The Bertz CT molecular complexity index is 630. The number of likely N-dealkylation sites (N-methyl/N-ethyl adjacent to an activating group) is 1. The first-order chi connectivity index (χ1) is 14.5. The number of nitrogens with zero attached hydrogens (tertiary/aromatic N) is 3. The molecule has 0 spiro atoms. The Balaban J connectivity index is 1.76. The van der Waals surface area contributed by atoms with E-state index in [1.165, 1.54) is 18.6 Å². The average molecular weight is 428 g/mol. The molecule has 0 saturated carbocycles. The quantitative estimate of drug-likeness (QED) is 0.301. The molecule has 1 aliphatic heterocycles. The summed E-state index contributed by atoms with van der Waals surface area (Å²) in [5.41, 5.74) is 0.599. The van der Waals surface area contributed by atoms with Gasteiger partial charge < -0.3 is 30.3 Å². The Morgan fingerprint density at radius 1 is 1.17 bits per heavy atom. The van der Waals surface area contributed by atoms with Crippen molar-refractivity contribution in [1.29, 1.82) is 0 Å². The fourth-order valence-electron chi connectivity index (χ4n) is 3.33. The summed E-state index contributed by atoms with van der Waals surface area (Å²) in [6, 6.07) is 5.96. The molecule has 170 valence electrons. The number of guanidine groups is 1. The van der Waals surface area contributed by atoms with Crippen LogP contribution in [0.25, 0.3) is 0 Å². The maximum absolute atomic E-state index is 12.2. The third kappa shape index (κ3) is 9.23. The van der Waals surface area contributed by atoms with Gasteiger partial charge in [0, 0.05) is 26.2 Å². The standard InChI is InChI=1S/C21H35F2N5O2/c1-3-24-21(25-10-4-12-28-13-5-11-27(2)14-15-28)26-16-19(29)17-6-8-18(9-7-17)30-20(22)23/h6-9,19-20,29H,3-5,10-16H2,1-2H3,(H2,24,25,26). The topological polar surface area (TPSA) is 72.4 Å². The molecule has 9 heteroatoms. The van der Waals surface area contributed by atoms with E-state index in [1.807, 2.05) is 6.92 Å². The molecule has 1 aromatic rings. The lowest BCUT2D eigenvalue weighted by Gasteiger charge is -2.20. The van der Waals surface area contributed by atoms with Gasteiger partial charge in [-0.05, 0) is 64.1 Å². The Morgan fingerprint density at radius 2 is 1.93 bits per heavy atom. The predicted octanol–water partition coefficient (Wildman–Crippen LogP) is 1.90. The number of hydrogen-bond acceptors (Lipinski definition) is 5. The maximum Gasteiger partial charge on any atom is 0.387 e. The van der Waals surface area contributed by atoms with E-state index < -0.39 is 12.7 Å². The number of hydrogen-bond donors (Lipinski definition) is 3. The molecule has 0 aromatic heterocycles. The number of aliphatic imine (C=N–C) groups is 1. The van der Waals surface area contributed by atoms with Gasteiger partial charge in [-0.25, -0.2) is 0 Å². The fraction of sp³-hybridized carbons (Fsp3) is 0.667. The van der Waals surface area contributed by atoms with Crippen LogP contribution in [0.2, 0.25) is 0 Å². The zero-order chi connectivity index (χ0) is 21.8. The maximum atomic E-state index is 12.2. The van der Waals surface area contributed by atoms with Crippen molar-refractivity contribution < 1.29 is 18.6 Å². The molecule has 1 unspecified atom stereocenters. The van der Waals surface area contributed by atoms with Gasteiger partial charge in [-0.1, -0.05) is 12.1 Å². The van der Waals surface area contributed by atoms with Crippen LogP contribution in [0.4, 0.5) is 8.78 Å². The summed E-state index contributed by atoms with van der Waals surface area (Å²) >= 11 is 0. The summed E-state index contributed by atoms with van der Waals surface area (Å²) in [4.78, 5) is 9.32. The first-order valence-corrected chi connectivity index (χ1v) is 10.6. The number of nitrogens with one attached hydrogen (secondary N) is 2. The van der Waals surface area contributed by atoms with Gasteiger partial charge in [-0.2, -0.15) is 8.78 Å². The minimum Gasteiger partial charge on any atom is -0.435 e. The van der Waals surface area contributed by atoms with Crippen LogP contribution in [0.15, 0.2) is 29.3 Å². The van der Waals surface area contributed by atoms with Crippen LogP contribution in [0.5, 0.6) is 5.75 Å². The average Bonchev–Trinajstić information content (AvgIpc) is 2.93. The van der Waals surface area contributed by atoms with E-state index in [2.05, 4.69) is 37.2 Å². The van der Waals surface area contributed by atoms with Gasteiger partial charge in [0.25, 0.3) is 0 Å². The van der Waals surface area contributed by atoms with Gasteiger partial charge in [0.15, 0.2) is 5.96 Å². The number of halogens is 2. The molecular formula is C21H35F2N5O2. The second-order valence-corrected chi connectivity index (χ2v) is 7.46. The van der Waals surface area contributed by atoms with Gasteiger partial charge in [0.2, 0.25) is 0 Å². The zero-order valence-corrected chi connectivity index (χ0v) is 18.0. The van der Waals surface area contributed by atoms with E-state index in [9.17, 15) is 13.9 Å². The molecule has 7 nitrogen and oxygen atoms in total. The second kappa shape index (κ2) is 13.4. The molecule has 1 fully saturated rings. The van der Waals surface area contributed by atoms with Crippen molar-refractivity contribution in [2.75, 3.05) is 59.4 Å². The largest absolute Gasteiger partial charge is 0.435 e. The van der Waals surface area contributed by atoms with Crippen LogP contribution < -0.4 is 15.4 Å². The van der Waals surface area contributed by atoms with Crippen molar-refractivity contribution in [1.82, 2.24) is 20.4 Å². The summed E-state index contributed by atoms with van der Waals surface area (Å²) in [6.07, 6.45) is 1.40. The molecule has 0 aliphatic carbocycles. The van der Waals surface area contributed by atoms with E-state index in [1.54, 1.807) is 12.1 Å². The normalized spacial score (nSPS) is 17.6. The molecule has 0 amide bonds. The molecule has 1 aromatic carbocycles. The molecule has 1 heterocycles. The van der Waals surface area contributed by atoms with E-state index in [-0.39, 0.29) is 12.3 Å². The Labute approximate surface area is 178 Å². The van der Waals surface area contributed by atoms with Crippen LogP contribution in [0.3, 0.4) is 0 Å². The minimum absolute atomic E-state index is 0.0653. The number of aliphatic hydroxyl groups is 1. The number of rotatable bonds is 10. The van der Waals surface area contributed by atoms with Crippen molar-refractivity contribution in [2.24, 2.45) is 4.99 Å². The summed E-state index contributed by atoms with van der Waals surface area (Å²) < 4.78 is 28.8. The van der Waals surface area contributed by atoms with Crippen molar-refractivity contribution in [3.05, 3.63) is 29.8 Å². The third-order valence-electron chi connectivity index (χ3n) is 5.01. The Kier molecular flexibility index (Phi) is 10.8. The molecule has 1 saturated heterocycles. The predicted molar refractivity (Wildman–Crippen MR) is 115 cm³/mol. The van der Waals surface area contributed by atoms with Crippen LogP contribution in [-0.2, 0) is 0 Å². The monoisotopic (exact) mass is 427 g/mol. The summed E-state index contributed by atoms with van der Waals surface area (Å²) in [7, 11) is 2.17. The second-order valence-electron chi connectivity index (χ2n) is 7.46. The third-order valence-corrected chi connectivity index (χ3v) is 5.01. The molecule has 30 heavy (non-hydrogen) atoms. The highest BCUT2D eigenvalue weighted by Crippen LogP contribution is 2.19.